The fourth-order valence-electron chi connectivity index (χ4n) is 1.85. The van der Waals surface area contributed by atoms with Crippen molar-refractivity contribution in [2.24, 2.45) is 0 Å². The van der Waals surface area contributed by atoms with Crippen LogP contribution in [0.4, 0.5) is 8.78 Å². The highest BCUT2D eigenvalue weighted by Crippen LogP contribution is 2.51. The molecule has 0 spiro atoms. The van der Waals surface area contributed by atoms with Crippen LogP contribution in [0.25, 0.3) is 0 Å². The first-order valence-corrected chi connectivity index (χ1v) is 5.16. The number of halogens is 3. The lowest BCUT2D eigenvalue weighted by molar-refractivity contribution is -0.140. The van der Waals surface area contributed by atoms with E-state index in [-0.39, 0.29) is 23.4 Å². The van der Waals surface area contributed by atoms with Crippen LogP contribution in [0.1, 0.15) is 24.0 Å². The average molecular weight is 247 g/mol. The number of aliphatic carboxylic acids is 1. The van der Waals surface area contributed by atoms with Crippen molar-refractivity contribution in [3.63, 3.8) is 0 Å². The van der Waals surface area contributed by atoms with Crippen LogP contribution in [-0.2, 0) is 10.2 Å². The van der Waals surface area contributed by atoms with Crippen molar-refractivity contribution < 1.29 is 18.7 Å². The molecule has 1 N–H and O–H groups in total. The Kier molecular flexibility index (Phi) is 2.42. The van der Waals surface area contributed by atoms with E-state index in [1.807, 2.05) is 0 Å². The quantitative estimate of drug-likeness (QED) is 0.815. The first-order chi connectivity index (χ1) is 7.40. The van der Waals surface area contributed by atoms with Crippen LogP contribution in [0, 0.1) is 18.6 Å². The van der Waals surface area contributed by atoms with E-state index in [1.54, 1.807) is 0 Å². The molecule has 0 aliphatic heterocycles. The van der Waals surface area contributed by atoms with Crippen LogP contribution >= 0.6 is 11.6 Å². The van der Waals surface area contributed by atoms with Gasteiger partial charge in [-0.3, -0.25) is 4.79 Å². The zero-order valence-electron chi connectivity index (χ0n) is 8.48. The Labute approximate surface area is 95.8 Å². The second-order valence-electron chi connectivity index (χ2n) is 4.07. The van der Waals surface area contributed by atoms with Crippen LogP contribution in [-0.4, -0.2) is 11.1 Å². The lowest BCUT2D eigenvalue weighted by Crippen LogP contribution is -2.23. The topological polar surface area (TPSA) is 37.3 Å². The molecule has 5 heteroatoms. The Balaban J connectivity index is 2.70. The highest BCUT2D eigenvalue weighted by molar-refractivity contribution is 6.31. The first kappa shape index (κ1) is 11.3. The minimum Gasteiger partial charge on any atom is -0.481 e. The van der Waals surface area contributed by atoms with Gasteiger partial charge in [-0.15, -0.1) is 0 Å². The number of carboxylic acids is 1. The largest absolute Gasteiger partial charge is 0.481 e. The summed E-state index contributed by atoms with van der Waals surface area (Å²) in [6, 6.07) is 1.16. The van der Waals surface area contributed by atoms with Gasteiger partial charge in [0.05, 0.1) is 10.4 Å². The van der Waals surface area contributed by atoms with Crippen LogP contribution in [0.2, 0.25) is 5.02 Å². The number of rotatable bonds is 2. The van der Waals surface area contributed by atoms with Crippen molar-refractivity contribution >= 4 is 17.6 Å². The zero-order valence-corrected chi connectivity index (χ0v) is 9.24. The third-order valence-electron chi connectivity index (χ3n) is 2.98. The minimum absolute atomic E-state index is 0.161. The van der Waals surface area contributed by atoms with E-state index in [2.05, 4.69) is 0 Å². The molecule has 16 heavy (non-hydrogen) atoms. The molecule has 0 amide bonds. The molecule has 1 saturated carbocycles. The Morgan fingerprint density at radius 3 is 2.44 bits per heavy atom. The summed E-state index contributed by atoms with van der Waals surface area (Å²) >= 11 is 5.59. The van der Waals surface area contributed by atoms with Gasteiger partial charge in [0.1, 0.15) is 11.6 Å². The van der Waals surface area contributed by atoms with E-state index in [1.165, 1.54) is 6.92 Å². The van der Waals surface area contributed by atoms with Gasteiger partial charge in [-0.25, -0.2) is 8.78 Å². The molecular formula is C11H9ClF2O2. The van der Waals surface area contributed by atoms with E-state index in [9.17, 15) is 13.6 Å². The molecule has 1 aromatic carbocycles. The van der Waals surface area contributed by atoms with Crippen LogP contribution in [0.3, 0.4) is 0 Å². The average Bonchev–Trinajstić information content (AvgIpc) is 2.97. The lowest BCUT2D eigenvalue weighted by Gasteiger charge is -2.14. The molecule has 0 saturated heterocycles. The maximum absolute atomic E-state index is 13.8. The molecule has 86 valence electrons. The molecule has 0 radical (unpaired) electrons. The summed E-state index contributed by atoms with van der Waals surface area (Å²) < 4.78 is 27.5. The molecule has 0 unspecified atom stereocenters. The van der Waals surface area contributed by atoms with Crippen molar-refractivity contribution in [3.05, 3.63) is 33.9 Å². The van der Waals surface area contributed by atoms with Crippen LogP contribution in [0.5, 0.6) is 0 Å². The predicted octanol–water partition coefficient (Wildman–Crippen LogP) is 3.04. The third-order valence-corrected chi connectivity index (χ3v) is 3.25. The molecular weight excluding hydrogens is 238 g/mol. The SMILES string of the molecule is Cc1cc(Cl)c(F)c(C2(C(=O)O)CC2)c1F. The third kappa shape index (κ3) is 1.40. The highest BCUT2D eigenvalue weighted by Gasteiger charge is 2.55. The molecule has 0 aromatic heterocycles. The number of hydrogen-bond donors (Lipinski definition) is 1. The van der Waals surface area contributed by atoms with Gasteiger partial charge >= 0.3 is 5.97 Å². The summed E-state index contributed by atoms with van der Waals surface area (Å²) in [5.74, 6) is -2.96. The van der Waals surface area contributed by atoms with Crippen molar-refractivity contribution in [1.82, 2.24) is 0 Å². The maximum atomic E-state index is 13.8. The highest BCUT2D eigenvalue weighted by atomic mass is 35.5. The van der Waals surface area contributed by atoms with E-state index >= 15 is 0 Å². The lowest BCUT2D eigenvalue weighted by atomic mass is 9.93. The van der Waals surface area contributed by atoms with Gasteiger partial charge in [0.15, 0.2) is 0 Å². The number of benzene rings is 1. The monoisotopic (exact) mass is 246 g/mol. The molecule has 0 atom stereocenters. The van der Waals surface area contributed by atoms with Gasteiger partial charge in [0.2, 0.25) is 0 Å². The molecule has 2 rings (SSSR count). The molecule has 2 nitrogen and oxygen atoms in total. The smallest absolute Gasteiger partial charge is 0.314 e. The van der Waals surface area contributed by atoms with E-state index < -0.39 is 28.6 Å². The van der Waals surface area contributed by atoms with Crippen molar-refractivity contribution in [3.8, 4) is 0 Å². The van der Waals surface area contributed by atoms with Gasteiger partial charge in [0.25, 0.3) is 0 Å². The number of carbonyl (C=O) groups is 1. The summed E-state index contributed by atoms with van der Waals surface area (Å²) in [6.07, 6.45) is 0.492. The number of carboxylic acid groups (broad SMARTS) is 1. The Hall–Kier alpha value is -1.16. The summed E-state index contributed by atoms with van der Waals surface area (Å²) in [5, 5.41) is 8.78. The second kappa shape index (κ2) is 3.42. The first-order valence-electron chi connectivity index (χ1n) is 4.78. The number of hydrogen-bond acceptors (Lipinski definition) is 1. The van der Waals surface area contributed by atoms with Gasteiger partial charge in [-0.05, 0) is 31.4 Å². The van der Waals surface area contributed by atoms with E-state index in [0.717, 1.165) is 6.07 Å². The van der Waals surface area contributed by atoms with E-state index in [0.29, 0.717) is 0 Å². The zero-order chi connectivity index (χ0) is 12.1. The normalized spacial score (nSPS) is 17.2. The standard InChI is InChI=1S/C11H9ClF2O2/c1-5-4-6(12)9(14)7(8(5)13)11(2-3-11)10(15)16/h4H,2-3H2,1H3,(H,15,16). The molecule has 1 aliphatic rings. The van der Waals surface area contributed by atoms with Crippen LogP contribution in [0.15, 0.2) is 6.07 Å². The van der Waals surface area contributed by atoms with E-state index in [4.69, 9.17) is 16.7 Å². The van der Waals surface area contributed by atoms with Gasteiger partial charge < -0.3 is 5.11 Å². The molecule has 1 aliphatic carbocycles. The Bertz CT molecular complexity index is 455. The molecule has 0 bridgehead atoms. The fraction of sp³-hybridized carbons (Fsp3) is 0.364. The summed E-state index contributed by atoms with van der Waals surface area (Å²) in [4.78, 5) is 11.0. The summed E-state index contributed by atoms with van der Waals surface area (Å²) in [5.41, 5.74) is -1.65. The Morgan fingerprint density at radius 1 is 1.44 bits per heavy atom. The van der Waals surface area contributed by atoms with Crippen molar-refractivity contribution in [2.75, 3.05) is 0 Å². The van der Waals surface area contributed by atoms with Gasteiger partial charge in [0, 0.05) is 5.56 Å². The number of aryl methyl sites for hydroxylation is 1. The second-order valence-corrected chi connectivity index (χ2v) is 4.47. The van der Waals surface area contributed by atoms with Crippen LogP contribution < -0.4 is 0 Å². The fourth-order valence-corrected chi connectivity index (χ4v) is 2.10. The van der Waals surface area contributed by atoms with Gasteiger partial charge in [-0.1, -0.05) is 11.6 Å². The van der Waals surface area contributed by atoms with Crippen molar-refractivity contribution in [1.29, 1.82) is 0 Å². The minimum atomic E-state index is -1.41. The maximum Gasteiger partial charge on any atom is 0.314 e. The predicted molar refractivity (Wildman–Crippen MR) is 54.7 cm³/mol. The van der Waals surface area contributed by atoms with Gasteiger partial charge in [-0.2, -0.15) is 0 Å². The molecule has 0 heterocycles. The molecule has 1 fully saturated rings. The Morgan fingerprint density at radius 2 is 2.00 bits per heavy atom. The van der Waals surface area contributed by atoms with Crippen molar-refractivity contribution in [2.45, 2.75) is 25.2 Å². The molecule has 1 aromatic rings. The summed E-state index contributed by atoms with van der Waals surface area (Å²) in [6.45, 7) is 1.43. The summed E-state index contributed by atoms with van der Waals surface area (Å²) in [7, 11) is 0.